The quantitative estimate of drug-likeness (QED) is 0.732. The van der Waals surface area contributed by atoms with Crippen LogP contribution in [-0.2, 0) is 16.0 Å². The van der Waals surface area contributed by atoms with Gasteiger partial charge in [-0.05, 0) is 11.6 Å². The Morgan fingerprint density at radius 2 is 2.13 bits per heavy atom. The van der Waals surface area contributed by atoms with Crippen molar-refractivity contribution in [1.29, 1.82) is 0 Å². The van der Waals surface area contributed by atoms with E-state index in [1.165, 1.54) is 0 Å². The molecular formula is C11H15NO3. The first-order chi connectivity index (χ1) is 7.40. The van der Waals surface area contributed by atoms with E-state index in [9.17, 15) is 0 Å². The van der Waals surface area contributed by atoms with Gasteiger partial charge in [-0.25, -0.2) is 5.90 Å². The Morgan fingerprint density at radius 3 is 2.80 bits per heavy atom. The van der Waals surface area contributed by atoms with Crippen LogP contribution in [0.2, 0.25) is 0 Å². The van der Waals surface area contributed by atoms with E-state index in [1.807, 2.05) is 24.3 Å². The van der Waals surface area contributed by atoms with Crippen LogP contribution in [-0.4, -0.2) is 25.9 Å². The molecule has 1 aromatic carbocycles. The third kappa shape index (κ3) is 2.68. The molecule has 2 N–H and O–H groups in total. The highest BCUT2D eigenvalue weighted by atomic mass is 16.6. The maximum atomic E-state index is 5.76. The Labute approximate surface area is 88.9 Å². The maximum absolute atomic E-state index is 5.76. The molecule has 1 aliphatic heterocycles. The molecule has 1 saturated heterocycles. The van der Waals surface area contributed by atoms with E-state index in [0.717, 1.165) is 17.7 Å². The molecule has 0 atom stereocenters. The molecule has 0 radical (unpaired) electrons. The summed E-state index contributed by atoms with van der Waals surface area (Å²) in [6.45, 7) is 1.87. The molecule has 82 valence electrons. The molecule has 0 unspecified atom stereocenters. The van der Waals surface area contributed by atoms with Gasteiger partial charge in [0.15, 0.2) is 0 Å². The first-order valence-electron chi connectivity index (χ1n) is 5.04. The zero-order valence-electron chi connectivity index (χ0n) is 8.52. The van der Waals surface area contributed by atoms with Crippen molar-refractivity contribution in [3.63, 3.8) is 0 Å². The Morgan fingerprint density at radius 1 is 1.33 bits per heavy atom. The monoisotopic (exact) mass is 209 g/mol. The lowest BCUT2D eigenvalue weighted by Gasteiger charge is -2.27. The minimum atomic E-state index is 0.199. The smallest absolute Gasteiger partial charge is 0.145 e. The summed E-state index contributed by atoms with van der Waals surface area (Å²) in [6.07, 6.45) is 0.963. The fraction of sp³-hybridized carbons (Fsp3) is 0.455. The van der Waals surface area contributed by atoms with Crippen molar-refractivity contribution in [1.82, 2.24) is 0 Å². The Bertz CT molecular complexity index is 312. The maximum Gasteiger partial charge on any atom is 0.145 e. The third-order valence-electron chi connectivity index (χ3n) is 2.36. The largest absolute Gasteiger partial charge is 0.485 e. The number of rotatable bonds is 5. The first kappa shape index (κ1) is 10.4. The molecule has 0 aromatic heterocycles. The Kier molecular flexibility index (Phi) is 3.55. The molecule has 1 aromatic rings. The second-order valence-corrected chi connectivity index (χ2v) is 3.51. The molecule has 1 aliphatic rings. The molecule has 2 rings (SSSR count). The van der Waals surface area contributed by atoms with E-state index in [-0.39, 0.29) is 6.10 Å². The van der Waals surface area contributed by atoms with Crippen LogP contribution >= 0.6 is 0 Å². The highest BCUT2D eigenvalue weighted by Gasteiger charge is 2.20. The summed E-state index contributed by atoms with van der Waals surface area (Å²) in [7, 11) is 0. The zero-order valence-corrected chi connectivity index (χ0v) is 8.52. The van der Waals surface area contributed by atoms with Gasteiger partial charge in [-0.2, -0.15) is 0 Å². The SMILES string of the molecule is NOCCc1ccccc1OC1COC1. The Balaban J connectivity index is 1.99. The predicted molar refractivity (Wildman–Crippen MR) is 55.5 cm³/mol. The van der Waals surface area contributed by atoms with Gasteiger partial charge >= 0.3 is 0 Å². The van der Waals surface area contributed by atoms with Crippen molar-refractivity contribution in [2.75, 3.05) is 19.8 Å². The van der Waals surface area contributed by atoms with Crippen LogP contribution in [0, 0.1) is 0 Å². The molecule has 4 heteroatoms. The van der Waals surface area contributed by atoms with Gasteiger partial charge in [0.1, 0.15) is 11.9 Å². The van der Waals surface area contributed by atoms with Gasteiger partial charge in [-0.3, -0.25) is 0 Å². The molecule has 4 nitrogen and oxygen atoms in total. The second-order valence-electron chi connectivity index (χ2n) is 3.51. The van der Waals surface area contributed by atoms with E-state index < -0.39 is 0 Å². The summed E-state index contributed by atoms with van der Waals surface area (Å²) in [5.74, 6) is 5.91. The number of benzene rings is 1. The molecule has 0 bridgehead atoms. The van der Waals surface area contributed by atoms with Crippen LogP contribution < -0.4 is 10.6 Å². The van der Waals surface area contributed by atoms with E-state index >= 15 is 0 Å². The van der Waals surface area contributed by atoms with Crippen LogP contribution in [0.15, 0.2) is 24.3 Å². The number of nitrogens with two attached hydrogens (primary N) is 1. The van der Waals surface area contributed by atoms with E-state index in [4.69, 9.17) is 15.4 Å². The normalized spacial score (nSPS) is 16.1. The predicted octanol–water partition coefficient (Wildman–Crippen LogP) is 0.897. The molecule has 15 heavy (non-hydrogen) atoms. The fourth-order valence-electron chi connectivity index (χ4n) is 1.46. The number of ether oxygens (including phenoxy) is 2. The van der Waals surface area contributed by atoms with Gasteiger partial charge < -0.3 is 14.3 Å². The summed E-state index contributed by atoms with van der Waals surface area (Å²) in [6, 6.07) is 7.93. The molecule has 0 aliphatic carbocycles. The summed E-state index contributed by atoms with van der Waals surface area (Å²) >= 11 is 0. The summed E-state index contributed by atoms with van der Waals surface area (Å²) in [5, 5.41) is 0. The van der Waals surface area contributed by atoms with Crippen molar-refractivity contribution < 1.29 is 14.3 Å². The molecule has 0 saturated carbocycles. The van der Waals surface area contributed by atoms with E-state index in [0.29, 0.717) is 19.8 Å². The van der Waals surface area contributed by atoms with E-state index in [1.54, 1.807) is 0 Å². The summed E-state index contributed by atoms with van der Waals surface area (Å²) in [4.78, 5) is 4.57. The van der Waals surface area contributed by atoms with E-state index in [2.05, 4.69) is 4.84 Å². The lowest BCUT2D eigenvalue weighted by atomic mass is 10.1. The highest BCUT2D eigenvalue weighted by molar-refractivity contribution is 5.33. The highest BCUT2D eigenvalue weighted by Crippen LogP contribution is 2.21. The topological polar surface area (TPSA) is 53.7 Å². The van der Waals surface area contributed by atoms with Gasteiger partial charge in [-0.15, -0.1) is 0 Å². The Hall–Kier alpha value is -1.10. The lowest BCUT2D eigenvalue weighted by molar-refractivity contribution is -0.0800. The van der Waals surface area contributed by atoms with Gasteiger partial charge in [0.05, 0.1) is 19.8 Å². The minimum absolute atomic E-state index is 0.199. The summed E-state index contributed by atoms with van der Waals surface area (Å²) in [5.41, 5.74) is 1.12. The number of para-hydroxylation sites is 1. The van der Waals surface area contributed by atoms with Crippen molar-refractivity contribution in [2.45, 2.75) is 12.5 Å². The molecule has 1 fully saturated rings. The van der Waals surface area contributed by atoms with Gasteiger partial charge in [-0.1, -0.05) is 18.2 Å². The van der Waals surface area contributed by atoms with Crippen molar-refractivity contribution in [3.8, 4) is 5.75 Å². The average molecular weight is 209 g/mol. The van der Waals surface area contributed by atoms with Gasteiger partial charge in [0.25, 0.3) is 0 Å². The van der Waals surface area contributed by atoms with Gasteiger partial charge in [0.2, 0.25) is 0 Å². The number of hydrogen-bond acceptors (Lipinski definition) is 4. The first-order valence-corrected chi connectivity index (χ1v) is 5.04. The molecule has 1 heterocycles. The second kappa shape index (κ2) is 5.11. The van der Waals surface area contributed by atoms with Crippen LogP contribution in [0.5, 0.6) is 5.75 Å². The number of hydrogen-bond donors (Lipinski definition) is 1. The van der Waals surface area contributed by atoms with Crippen LogP contribution in [0.3, 0.4) is 0 Å². The zero-order chi connectivity index (χ0) is 10.5. The standard InChI is InChI=1S/C11H15NO3/c12-14-6-5-9-3-1-2-4-11(9)15-10-7-13-8-10/h1-4,10H,5-8,12H2. The van der Waals surface area contributed by atoms with Crippen molar-refractivity contribution in [2.24, 2.45) is 5.90 Å². The van der Waals surface area contributed by atoms with Crippen LogP contribution in [0.1, 0.15) is 5.56 Å². The summed E-state index contributed by atoms with van der Waals surface area (Å²) < 4.78 is 10.8. The molecule has 0 amide bonds. The average Bonchev–Trinajstić information content (AvgIpc) is 2.22. The van der Waals surface area contributed by atoms with Crippen molar-refractivity contribution in [3.05, 3.63) is 29.8 Å². The fourth-order valence-corrected chi connectivity index (χ4v) is 1.46. The van der Waals surface area contributed by atoms with Crippen LogP contribution in [0.25, 0.3) is 0 Å². The lowest BCUT2D eigenvalue weighted by Crippen LogP contribution is -2.38. The third-order valence-corrected chi connectivity index (χ3v) is 2.36. The molecular weight excluding hydrogens is 194 g/mol. The molecule has 0 spiro atoms. The van der Waals surface area contributed by atoms with Crippen molar-refractivity contribution >= 4 is 0 Å². The van der Waals surface area contributed by atoms with Gasteiger partial charge in [0, 0.05) is 6.42 Å². The van der Waals surface area contributed by atoms with Crippen LogP contribution in [0.4, 0.5) is 0 Å². The minimum Gasteiger partial charge on any atom is -0.485 e.